The van der Waals surface area contributed by atoms with Gasteiger partial charge in [0.15, 0.2) is 0 Å². The number of nitrogens with zero attached hydrogens (tertiary/aromatic N) is 3. The van der Waals surface area contributed by atoms with Crippen molar-refractivity contribution in [3.8, 4) is 0 Å². The number of anilines is 2. The molecule has 0 aliphatic carbocycles. The smallest absolute Gasteiger partial charge is 0.253 e. The van der Waals surface area contributed by atoms with E-state index in [1.807, 2.05) is 12.1 Å². The summed E-state index contributed by atoms with van der Waals surface area (Å²) in [7, 11) is 7.74. The molecule has 1 aliphatic rings. The van der Waals surface area contributed by atoms with Crippen molar-refractivity contribution in [3.63, 3.8) is 0 Å². The van der Waals surface area contributed by atoms with E-state index >= 15 is 0 Å². The van der Waals surface area contributed by atoms with Crippen LogP contribution in [-0.4, -0.2) is 63.0 Å². The molecule has 5 nitrogen and oxygen atoms in total. The first-order valence-electron chi connectivity index (χ1n) is 7.42. The van der Waals surface area contributed by atoms with Gasteiger partial charge in [-0.1, -0.05) is 0 Å². The molecule has 1 aromatic rings. The van der Waals surface area contributed by atoms with Gasteiger partial charge in [0.25, 0.3) is 5.91 Å². The van der Waals surface area contributed by atoms with Gasteiger partial charge in [0, 0.05) is 39.3 Å². The summed E-state index contributed by atoms with van der Waals surface area (Å²) >= 11 is 0. The van der Waals surface area contributed by atoms with Crippen molar-refractivity contribution in [2.75, 3.05) is 51.9 Å². The first-order valence-corrected chi connectivity index (χ1v) is 7.42. The Balaban J connectivity index is 2.25. The van der Waals surface area contributed by atoms with Crippen molar-refractivity contribution in [1.82, 2.24) is 9.80 Å². The lowest BCUT2D eigenvalue weighted by molar-refractivity contribution is 0.0827. The minimum Gasteiger partial charge on any atom is -0.397 e. The first kappa shape index (κ1) is 15.6. The topological polar surface area (TPSA) is 52.8 Å². The number of hydrogen-bond donors (Lipinski definition) is 1. The third-order valence-electron chi connectivity index (χ3n) is 4.21. The Morgan fingerprint density at radius 3 is 2.67 bits per heavy atom. The monoisotopic (exact) mass is 290 g/mol. The minimum absolute atomic E-state index is 0.00501. The number of rotatable bonds is 3. The molecule has 2 N–H and O–H groups in total. The fourth-order valence-corrected chi connectivity index (χ4v) is 2.89. The minimum atomic E-state index is 0.00501. The summed E-state index contributed by atoms with van der Waals surface area (Å²) in [6.45, 7) is 2.18. The zero-order valence-electron chi connectivity index (χ0n) is 13.5. The van der Waals surface area contributed by atoms with Crippen LogP contribution in [0, 0.1) is 0 Å². The molecule has 21 heavy (non-hydrogen) atoms. The van der Waals surface area contributed by atoms with E-state index in [-0.39, 0.29) is 5.91 Å². The molecule has 5 heteroatoms. The molecule has 0 spiro atoms. The van der Waals surface area contributed by atoms with Gasteiger partial charge >= 0.3 is 0 Å². The fraction of sp³-hybridized carbons (Fsp3) is 0.562. The molecule has 1 aliphatic heterocycles. The van der Waals surface area contributed by atoms with Gasteiger partial charge in [-0.05, 0) is 44.6 Å². The van der Waals surface area contributed by atoms with Crippen LogP contribution in [0.2, 0.25) is 0 Å². The summed E-state index contributed by atoms with van der Waals surface area (Å²) in [4.78, 5) is 18.3. The number of piperidine rings is 1. The van der Waals surface area contributed by atoms with Gasteiger partial charge in [0.1, 0.15) is 0 Å². The summed E-state index contributed by atoms with van der Waals surface area (Å²) < 4.78 is 0. The van der Waals surface area contributed by atoms with E-state index in [2.05, 4.69) is 23.9 Å². The van der Waals surface area contributed by atoms with E-state index in [0.717, 1.165) is 30.9 Å². The van der Waals surface area contributed by atoms with Crippen LogP contribution in [0.25, 0.3) is 0 Å². The van der Waals surface area contributed by atoms with Crippen molar-refractivity contribution in [2.24, 2.45) is 0 Å². The van der Waals surface area contributed by atoms with Crippen molar-refractivity contribution < 1.29 is 4.79 Å². The van der Waals surface area contributed by atoms with Crippen LogP contribution >= 0.6 is 0 Å². The maximum Gasteiger partial charge on any atom is 0.253 e. The molecule has 0 aromatic heterocycles. The second-order valence-corrected chi connectivity index (χ2v) is 6.14. The SMILES string of the molecule is CN1CCCC(N(C)c2cc(C(=O)N(C)C)ccc2N)C1. The maximum absolute atomic E-state index is 12.1. The predicted molar refractivity (Wildman–Crippen MR) is 87.8 cm³/mol. The van der Waals surface area contributed by atoms with Crippen molar-refractivity contribution in [1.29, 1.82) is 0 Å². The van der Waals surface area contributed by atoms with Crippen molar-refractivity contribution in [2.45, 2.75) is 18.9 Å². The lowest BCUT2D eigenvalue weighted by Gasteiger charge is -2.37. The van der Waals surface area contributed by atoms with Crippen LogP contribution in [0.3, 0.4) is 0 Å². The molecule has 0 saturated carbocycles. The molecule has 1 atom stereocenters. The second kappa shape index (κ2) is 6.35. The van der Waals surface area contributed by atoms with Gasteiger partial charge in [-0.15, -0.1) is 0 Å². The highest BCUT2D eigenvalue weighted by Crippen LogP contribution is 2.28. The van der Waals surface area contributed by atoms with E-state index in [0.29, 0.717) is 11.6 Å². The third kappa shape index (κ3) is 3.47. The first-order chi connectivity index (χ1) is 9.90. The van der Waals surface area contributed by atoms with Crippen molar-refractivity contribution in [3.05, 3.63) is 23.8 Å². The number of amides is 1. The molecule has 1 heterocycles. The highest BCUT2D eigenvalue weighted by atomic mass is 16.2. The van der Waals surface area contributed by atoms with Crippen LogP contribution in [0.4, 0.5) is 11.4 Å². The number of hydrogen-bond acceptors (Lipinski definition) is 4. The summed E-state index contributed by atoms with van der Waals surface area (Å²) in [5.41, 5.74) is 8.48. The summed E-state index contributed by atoms with van der Waals surface area (Å²) in [6, 6.07) is 5.97. The van der Waals surface area contributed by atoms with Gasteiger partial charge in [0.2, 0.25) is 0 Å². The van der Waals surface area contributed by atoms with E-state index in [1.165, 1.54) is 6.42 Å². The number of likely N-dealkylation sites (N-methyl/N-ethyl adjacent to an activating group) is 2. The molecular formula is C16H26N4O. The van der Waals surface area contributed by atoms with Gasteiger partial charge in [0.05, 0.1) is 11.4 Å². The number of carbonyl (C=O) groups excluding carboxylic acids is 1. The summed E-state index contributed by atoms with van der Waals surface area (Å²) in [5, 5.41) is 0. The number of carbonyl (C=O) groups is 1. The molecule has 1 unspecified atom stereocenters. The molecule has 2 rings (SSSR count). The van der Waals surface area contributed by atoms with E-state index in [1.54, 1.807) is 25.1 Å². The van der Waals surface area contributed by atoms with Gasteiger partial charge < -0.3 is 20.4 Å². The lowest BCUT2D eigenvalue weighted by atomic mass is 10.0. The zero-order chi connectivity index (χ0) is 15.6. The van der Waals surface area contributed by atoms with Crippen LogP contribution in [-0.2, 0) is 0 Å². The van der Waals surface area contributed by atoms with Gasteiger partial charge in [-0.2, -0.15) is 0 Å². The van der Waals surface area contributed by atoms with Crippen LogP contribution in [0.1, 0.15) is 23.2 Å². The Labute approximate surface area is 127 Å². The maximum atomic E-state index is 12.1. The summed E-state index contributed by atoms with van der Waals surface area (Å²) in [5.74, 6) is 0.00501. The van der Waals surface area contributed by atoms with Crippen molar-refractivity contribution >= 4 is 17.3 Å². The van der Waals surface area contributed by atoms with Crippen LogP contribution in [0.5, 0.6) is 0 Å². The Hall–Kier alpha value is -1.75. The molecule has 116 valence electrons. The second-order valence-electron chi connectivity index (χ2n) is 6.14. The molecule has 1 saturated heterocycles. The third-order valence-corrected chi connectivity index (χ3v) is 4.21. The number of likely N-dealkylation sites (tertiary alicyclic amines) is 1. The molecule has 1 aromatic carbocycles. The van der Waals surface area contributed by atoms with Gasteiger partial charge in [-0.3, -0.25) is 4.79 Å². The Morgan fingerprint density at radius 1 is 1.33 bits per heavy atom. The number of benzene rings is 1. The zero-order valence-corrected chi connectivity index (χ0v) is 13.5. The fourth-order valence-electron chi connectivity index (χ4n) is 2.89. The number of nitrogens with two attached hydrogens (primary N) is 1. The van der Waals surface area contributed by atoms with E-state index in [4.69, 9.17) is 5.73 Å². The molecular weight excluding hydrogens is 264 g/mol. The average Bonchev–Trinajstić information content (AvgIpc) is 2.46. The molecule has 0 bridgehead atoms. The Kier molecular flexibility index (Phi) is 4.73. The van der Waals surface area contributed by atoms with E-state index in [9.17, 15) is 4.79 Å². The molecule has 1 amide bonds. The normalized spacial score (nSPS) is 19.3. The van der Waals surface area contributed by atoms with Gasteiger partial charge in [-0.25, -0.2) is 0 Å². The Morgan fingerprint density at radius 2 is 2.05 bits per heavy atom. The predicted octanol–water partition coefficient (Wildman–Crippen LogP) is 1.50. The molecule has 1 fully saturated rings. The standard InChI is InChI=1S/C16H26N4O/c1-18(2)16(21)12-7-8-14(17)15(10-12)20(4)13-6-5-9-19(3)11-13/h7-8,10,13H,5-6,9,11,17H2,1-4H3. The average molecular weight is 290 g/mol. The highest BCUT2D eigenvalue weighted by molar-refractivity contribution is 5.96. The lowest BCUT2D eigenvalue weighted by Crippen LogP contribution is -2.45. The largest absolute Gasteiger partial charge is 0.397 e. The van der Waals surface area contributed by atoms with Crippen LogP contribution in [0.15, 0.2) is 18.2 Å². The number of nitrogen functional groups attached to an aromatic ring is 1. The summed E-state index contributed by atoms with van der Waals surface area (Å²) in [6.07, 6.45) is 2.36. The quantitative estimate of drug-likeness (QED) is 0.857. The van der Waals surface area contributed by atoms with Crippen LogP contribution < -0.4 is 10.6 Å². The highest BCUT2D eigenvalue weighted by Gasteiger charge is 2.23. The van der Waals surface area contributed by atoms with E-state index < -0.39 is 0 Å². The Bertz CT molecular complexity index is 515. The molecule has 0 radical (unpaired) electrons.